The topological polar surface area (TPSA) is 37.5 Å². The van der Waals surface area contributed by atoms with Gasteiger partial charge in [0.2, 0.25) is 0 Å². The predicted octanol–water partition coefficient (Wildman–Crippen LogP) is 5.22. The number of aromatic amines is 1. The minimum absolute atomic E-state index is 0.864. The molecule has 0 atom stereocenters. The molecular formula is C26H23N4+. The van der Waals surface area contributed by atoms with Crippen molar-refractivity contribution in [2.75, 3.05) is 0 Å². The van der Waals surface area contributed by atoms with E-state index in [1.807, 2.05) is 30.3 Å². The summed E-state index contributed by atoms with van der Waals surface area (Å²) in [5, 5.41) is 0. The predicted molar refractivity (Wildman–Crippen MR) is 124 cm³/mol. The van der Waals surface area contributed by atoms with Crippen LogP contribution in [0.3, 0.4) is 0 Å². The minimum atomic E-state index is 0.864. The van der Waals surface area contributed by atoms with Gasteiger partial charge in [-0.3, -0.25) is 0 Å². The molecule has 2 aromatic heterocycles. The van der Waals surface area contributed by atoms with Crippen LogP contribution < -0.4 is 4.57 Å². The quantitative estimate of drug-likeness (QED) is 0.419. The summed E-state index contributed by atoms with van der Waals surface area (Å²) in [5.74, 6) is 2.02. The van der Waals surface area contributed by atoms with Gasteiger partial charge in [0, 0.05) is 6.08 Å². The molecule has 0 saturated carbocycles. The van der Waals surface area contributed by atoms with Gasteiger partial charge in [-0.15, -0.1) is 0 Å². The number of hydrogen-bond acceptors (Lipinski definition) is 1. The second-order valence-corrected chi connectivity index (χ2v) is 7.44. The molecule has 0 unspecified atom stereocenters. The Morgan fingerprint density at radius 2 is 1.47 bits per heavy atom. The highest BCUT2D eigenvalue weighted by Crippen LogP contribution is 2.16. The van der Waals surface area contributed by atoms with Crippen molar-refractivity contribution in [1.29, 1.82) is 0 Å². The number of H-pyrrole nitrogens is 1. The molecule has 30 heavy (non-hydrogen) atoms. The van der Waals surface area contributed by atoms with Gasteiger partial charge < -0.3 is 4.98 Å². The molecule has 146 valence electrons. The maximum absolute atomic E-state index is 4.58. The molecule has 0 radical (unpaired) electrons. The molecule has 4 heteroatoms. The van der Waals surface area contributed by atoms with E-state index in [9.17, 15) is 0 Å². The number of aryl methyl sites for hydroxylation is 2. The molecule has 0 aliphatic heterocycles. The molecule has 0 aliphatic rings. The van der Waals surface area contributed by atoms with Gasteiger partial charge in [-0.1, -0.05) is 54.6 Å². The fourth-order valence-corrected chi connectivity index (χ4v) is 3.84. The number of nitrogens with one attached hydrogen (secondary N) is 1. The summed E-state index contributed by atoms with van der Waals surface area (Å²) >= 11 is 0. The summed E-state index contributed by atoms with van der Waals surface area (Å²) in [6, 6.07) is 25.0. The molecule has 5 aromatic rings. The molecule has 5 rings (SSSR count). The molecule has 4 nitrogen and oxygen atoms in total. The molecule has 3 aromatic carbocycles. The number of rotatable bonds is 4. The van der Waals surface area contributed by atoms with Gasteiger partial charge in [-0.2, -0.15) is 0 Å². The summed E-state index contributed by atoms with van der Waals surface area (Å²) in [6.45, 7) is 0. The number of hydrogen-bond donors (Lipinski definition) is 1. The Morgan fingerprint density at radius 3 is 2.20 bits per heavy atom. The molecule has 2 heterocycles. The lowest BCUT2D eigenvalue weighted by atomic mass is 10.1. The van der Waals surface area contributed by atoms with Gasteiger partial charge in [0.25, 0.3) is 5.82 Å². The monoisotopic (exact) mass is 391 g/mol. The van der Waals surface area contributed by atoms with E-state index in [1.54, 1.807) is 0 Å². The largest absolute Gasteiger partial charge is 0.338 e. The van der Waals surface area contributed by atoms with E-state index in [1.165, 1.54) is 16.6 Å². The number of aromatic nitrogens is 4. The Morgan fingerprint density at radius 1 is 0.800 bits per heavy atom. The van der Waals surface area contributed by atoms with E-state index in [2.05, 4.69) is 100.0 Å². The molecule has 0 spiro atoms. The first-order valence-corrected chi connectivity index (χ1v) is 10.0. The van der Waals surface area contributed by atoms with E-state index < -0.39 is 0 Å². The van der Waals surface area contributed by atoms with Crippen LogP contribution in [-0.4, -0.2) is 14.5 Å². The smallest absolute Gasteiger partial charge is 0.281 e. The van der Waals surface area contributed by atoms with Crippen molar-refractivity contribution in [2.24, 2.45) is 14.1 Å². The van der Waals surface area contributed by atoms with Crippen molar-refractivity contribution >= 4 is 46.4 Å². The maximum atomic E-state index is 4.58. The van der Waals surface area contributed by atoms with Crippen LogP contribution in [0.2, 0.25) is 0 Å². The van der Waals surface area contributed by atoms with E-state index in [-0.39, 0.29) is 0 Å². The van der Waals surface area contributed by atoms with Gasteiger partial charge in [0.15, 0.2) is 11.0 Å². The highest BCUT2D eigenvalue weighted by atomic mass is 15.1. The molecular weight excluding hydrogens is 368 g/mol. The van der Waals surface area contributed by atoms with Crippen LogP contribution in [0.4, 0.5) is 0 Å². The van der Waals surface area contributed by atoms with Gasteiger partial charge in [0.1, 0.15) is 5.82 Å². The molecule has 0 bridgehead atoms. The van der Waals surface area contributed by atoms with Crippen molar-refractivity contribution in [3.05, 3.63) is 95.6 Å². The van der Waals surface area contributed by atoms with Crippen LogP contribution in [0.5, 0.6) is 0 Å². The second-order valence-electron chi connectivity index (χ2n) is 7.44. The lowest BCUT2D eigenvalue weighted by Crippen LogP contribution is -2.30. The van der Waals surface area contributed by atoms with Crippen LogP contribution in [0, 0.1) is 0 Å². The number of imidazole rings is 2. The zero-order valence-corrected chi connectivity index (χ0v) is 17.1. The number of fused-ring (bicyclic) bond motifs is 2. The van der Waals surface area contributed by atoms with E-state index >= 15 is 0 Å². The van der Waals surface area contributed by atoms with Gasteiger partial charge in [-0.05, 0) is 47.5 Å². The van der Waals surface area contributed by atoms with Crippen molar-refractivity contribution < 1.29 is 4.57 Å². The standard InChI is InChI=1S/C26H22N4/c1-29-23-9-5-6-10-24(23)30(2)26(29)18-16-20-13-11-19(12-14-20)15-17-25-27-21-7-3-4-8-22(21)28-25/h3-18H,1-2H3/p+1. The molecule has 0 fully saturated rings. The number of nitrogens with zero attached hydrogens (tertiary/aromatic N) is 3. The molecule has 0 amide bonds. The van der Waals surface area contributed by atoms with Crippen molar-refractivity contribution in [3.63, 3.8) is 0 Å². The first kappa shape index (κ1) is 18.1. The Kier molecular flexibility index (Phi) is 4.52. The summed E-state index contributed by atoms with van der Waals surface area (Å²) in [7, 11) is 4.21. The summed E-state index contributed by atoms with van der Waals surface area (Å²) < 4.78 is 4.44. The van der Waals surface area contributed by atoms with Crippen molar-refractivity contribution in [1.82, 2.24) is 14.5 Å². The minimum Gasteiger partial charge on any atom is -0.338 e. The number of benzene rings is 3. The zero-order valence-electron chi connectivity index (χ0n) is 17.1. The molecule has 1 N–H and O–H groups in total. The SMILES string of the molecule is Cn1c(C=Cc2ccc(C=Cc3nc4ccccc4[nH]3)cc2)[n+](C)c2ccccc21. The van der Waals surface area contributed by atoms with Crippen LogP contribution in [-0.2, 0) is 14.1 Å². The molecule has 0 saturated heterocycles. The maximum Gasteiger partial charge on any atom is 0.281 e. The number of para-hydroxylation sites is 4. The van der Waals surface area contributed by atoms with Gasteiger partial charge in [-0.25, -0.2) is 14.1 Å². The summed E-state index contributed by atoms with van der Waals surface area (Å²) in [4.78, 5) is 7.91. The Labute approximate surface area is 175 Å². The van der Waals surface area contributed by atoms with E-state index in [4.69, 9.17) is 0 Å². The zero-order chi connectivity index (χ0) is 20.5. The van der Waals surface area contributed by atoms with E-state index in [0.29, 0.717) is 0 Å². The van der Waals surface area contributed by atoms with E-state index in [0.717, 1.165) is 28.2 Å². The Hall–Kier alpha value is -3.92. The van der Waals surface area contributed by atoms with Crippen LogP contribution >= 0.6 is 0 Å². The van der Waals surface area contributed by atoms with Crippen LogP contribution in [0.25, 0.3) is 46.4 Å². The van der Waals surface area contributed by atoms with Crippen molar-refractivity contribution in [3.8, 4) is 0 Å². The third-order valence-corrected chi connectivity index (χ3v) is 5.49. The first-order valence-electron chi connectivity index (χ1n) is 10.0. The second kappa shape index (κ2) is 7.48. The first-order chi connectivity index (χ1) is 14.7. The fourth-order valence-electron chi connectivity index (χ4n) is 3.84. The lowest BCUT2D eigenvalue weighted by Gasteiger charge is -1.96. The summed E-state index contributed by atoms with van der Waals surface area (Å²) in [5.41, 5.74) is 6.80. The fraction of sp³-hybridized carbons (Fsp3) is 0.0769. The highest BCUT2D eigenvalue weighted by Gasteiger charge is 2.16. The Balaban J connectivity index is 1.35. The highest BCUT2D eigenvalue weighted by molar-refractivity contribution is 5.79. The van der Waals surface area contributed by atoms with Crippen molar-refractivity contribution in [2.45, 2.75) is 0 Å². The average Bonchev–Trinajstić information content (AvgIpc) is 3.31. The van der Waals surface area contributed by atoms with Gasteiger partial charge in [0.05, 0.1) is 25.1 Å². The normalized spacial score (nSPS) is 12.1. The lowest BCUT2D eigenvalue weighted by molar-refractivity contribution is -0.647. The third kappa shape index (κ3) is 3.33. The third-order valence-electron chi connectivity index (χ3n) is 5.49. The summed E-state index contributed by atoms with van der Waals surface area (Å²) in [6.07, 6.45) is 8.41. The average molecular weight is 391 g/mol. The molecule has 0 aliphatic carbocycles. The van der Waals surface area contributed by atoms with Crippen LogP contribution in [0.1, 0.15) is 22.8 Å². The van der Waals surface area contributed by atoms with Crippen LogP contribution in [0.15, 0.2) is 72.8 Å². The van der Waals surface area contributed by atoms with Gasteiger partial charge >= 0.3 is 0 Å². The Bertz CT molecular complexity index is 1330.